The van der Waals surface area contributed by atoms with Crippen molar-refractivity contribution in [1.29, 1.82) is 0 Å². The number of aliphatic hydroxyl groups excluding tert-OH is 1. The van der Waals surface area contributed by atoms with Crippen molar-refractivity contribution in [1.82, 2.24) is 0 Å². The second kappa shape index (κ2) is 16.6. The molecule has 0 aliphatic heterocycles. The van der Waals surface area contributed by atoms with E-state index < -0.39 is 18.3 Å². The van der Waals surface area contributed by atoms with E-state index in [1.165, 1.54) is 13.0 Å². The number of anilines is 3. The van der Waals surface area contributed by atoms with Gasteiger partial charge in [0.25, 0.3) is 0 Å². The molecule has 222 valence electrons. The van der Waals surface area contributed by atoms with Crippen LogP contribution in [0, 0.1) is 0 Å². The van der Waals surface area contributed by atoms with Gasteiger partial charge in [-0.15, -0.1) is 0 Å². The maximum atomic E-state index is 13.0. The summed E-state index contributed by atoms with van der Waals surface area (Å²) in [5, 5.41) is 14.6. The molecule has 3 rings (SSSR count). The zero-order chi connectivity index (χ0) is 30.3. The van der Waals surface area contributed by atoms with Gasteiger partial charge in [-0.25, -0.2) is 4.79 Å². The Bertz CT molecular complexity index is 1360. The number of amides is 2. The molecular formula is C32H37N3O7. The fraction of sp³-hybridized carbons (Fsp3) is 0.281. The Balaban J connectivity index is 1.75. The zero-order valence-corrected chi connectivity index (χ0v) is 23.7. The molecule has 0 bridgehead atoms. The smallest absolute Gasteiger partial charge is 0.412 e. The maximum absolute atomic E-state index is 13.0. The first-order valence-electron chi connectivity index (χ1n) is 13.7. The van der Waals surface area contributed by atoms with E-state index in [1.807, 2.05) is 6.92 Å². The van der Waals surface area contributed by atoms with Crippen molar-refractivity contribution < 1.29 is 33.7 Å². The van der Waals surface area contributed by atoms with Gasteiger partial charge in [0.1, 0.15) is 12.4 Å². The van der Waals surface area contributed by atoms with E-state index in [0.717, 1.165) is 0 Å². The summed E-state index contributed by atoms with van der Waals surface area (Å²) in [5.41, 5.74) is 8.50. The van der Waals surface area contributed by atoms with Gasteiger partial charge >= 0.3 is 6.09 Å². The van der Waals surface area contributed by atoms with Crippen molar-refractivity contribution >= 4 is 34.8 Å². The highest BCUT2D eigenvalue weighted by molar-refractivity contribution is 6.01. The molecule has 0 unspecified atom stereocenters. The third-order valence-electron chi connectivity index (χ3n) is 6.14. The number of nitrogens with one attached hydrogen (secondary N) is 2. The highest BCUT2D eigenvalue weighted by atomic mass is 16.6. The van der Waals surface area contributed by atoms with Crippen LogP contribution < -0.4 is 21.1 Å². The lowest BCUT2D eigenvalue weighted by Crippen LogP contribution is -2.29. The van der Waals surface area contributed by atoms with Crippen molar-refractivity contribution in [3.8, 4) is 5.75 Å². The van der Waals surface area contributed by atoms with E-state index in [-0.39, 0.29) is 24.9 Å². The maximum Gasteiger partial charge on any atom is 0.412 e. The molecule has 0 spiro atoms. The molecule has 0 heterocycles. The Morgan fingerprint density at radius 1 is 1.00 bits per heavy atom. The van der Waals surface area contributed by atoms with Gasteiger partial charge in [0.15, 0.2) is 11.9 Å². The van der Waals surface area contributed by atoms with E-state index in [9.17, 15) is 14.4 Å². The fourth-order valence-corrected chi connectivity index (χ4v) is 4.13. The average molecular weight is 576 g/mol. The molecule has 0 aliphatic carbocycles. The number of allylic oxidation sites excluding steroid dienone is 1. The van der Waals surface area contributed by atoms with E-state index in [1.54, 1.807) is 78.9 Å². The van der Waals surface area contributed by atoms with Gasteiger partial charge in [-0.05, 0) is 86.9 Å². The van der Waals surface area contributed by atoms with E-state index in [4.69, 9.17) is 25.1 Å². The predicted molar refractivity (Wildman–Crippen MR) is 162 cm³/mol. The third kappa shape index (κ3) is 10.1. The largest absolute Gasteiger partial charge is 0.491 e. The van der Waals surface area contributed by atoms with Crippen LogP contribution in [0.4, 0.5) is 21.9 Å². The molecule has 10 heteroatoms. The van der Waals surface area contributed by atoms with Crippen molar-refractivity contribution in [2.45, 2.75) is 38.9 Å². The molecule has 0 saturated heterocycles. The molecule has 2 atom stereocenters. The van der Waals surface area contributed by atoms with Gasteiger partial charge < -0.3 is 30.4 Å². The SMILES string of the molecule is CCO[C@H](CC/C=C/C(=O)Nc1ccccc1N)[C@H](OC(=O)Nc1ccc(C(C)=O)cc1)c1cccc(OCCO)c1. The van der Waals surface area contributed by atoms with Gasteiger partial charge in [0.2, 0.25) is 5.91 Å². The number of hydrogen-bond acceptors (Lipinski definition) is 8. The fourth-order valence-electron chi connectivity index (χ4n) is 4.13. The molecular weight excluding hydrogens is 538 g/mol. The van der Waals surface area contributed by atoms with Crippen LogP contribution >= 0.6 is 0 Å². The van der Waals surface area contributed by atoms with Gasteiger partial charge in [-0.3, -0.25) is 14.9 Å². The average Bonchev–Trinajstić information content (AvgIpc) is 2.98. The first-order valence-corrected chi connectivity index (χ1v) is 13.7. The Labute approximate surface area is 245 Å². The number of benzene rings is 3. The van der Waals surface area contributed by atoms with E-state index in [2.05, 4.69) is 10.6 Å². The van der Waals surface area contributed by atoms with Gasteiger partial charge in [-0.2, -0.15) is 0 Å². The number of nitrogens with two attached hydrogens (primary N) is 1. The number of rotatable bonds is 15. The number of nitrogen functional groups attached to an aromatic ring is 1. The van der Waals surface area contributed by atoms with Crippen molar-refractivity contribution in [3.63, 3.8) is 0 Å². The highest BCUT2D eigenvalue weighted by Gasteiger charge is 2.28. The summed E-state index contributed by atoms with van der Waals surface area (Å²) >= 11 is 0. The molecule has 42 heavy (non-hydrogen) atoms. The van der Waals surface area contributed by atoms with Crippen molar-refractivity contribution in [2.75, 3.05) is 36.2 Å². The molecule has 0 saturated carbocycles. The Morgan fingerprint density at radius 2 is 1.76 bits per heavy atom. The van der Waals surface area contributed by atoms with Crippen LogP contribution in [-0.2, 0) is 14.3 Å². The molecule has 3 aromatic carbocycles. The lowest BCUT2D eigenvalue weighted by molar-refractivity contribution is -0.111. The van der Waals surface area contributed by atoms with Crippen molar-refractivity contribution in [2.24, 2.45) is 0 Å². The van der Waals surface area contributed by atoms with E-state index in [0.29, 0.717) is 53.4 Å². The minimum Gasteiger partial charge on any atom is -0.491 e. The monoisotopic (exact) mass is 575 g/mol. The second-order valence-corrected chi connectivity index (χ2v) is 9.28. The first kappa shape index (κ1) is 31.9. The molecule has 2 amide bonds. The van der Waals surface area contributed by atoms with Crippen molar-refractivity contribution in [3.05, 3.63) is 96.1 Å². The number of ether oxygens (including phenoxy) is 3. The van der Waals surface area contributed by atoms with Crippen LogP contribution in [0.15, 0.2) is 84.9 Å². The van der Waals surface area contributed by atoms with E-state index >= 15 is 0 Å². The van der Waals surface area contributed by atoms with Crippen LogP contribution in [0.1, 0.15) is 48.7 Å². The summed E-state index contributed by atoms with van der Waals surface area (Å²) in [5.74, 6) is 0.0997. The van der Waals surface area contributed by atoms with Crippen LogP contribution in [0.2, 0.25) is 0 Å². The van der Waals surface area contributed by atoms with Crippen LogP contribution in [-0.4, -0.2) is 48.8 Å². The summed E-state index contributed by atoms with van der Waals surface area (Å²) in [6, 6.07) is 20.5. The molecule has 0 fully saturated rings. The molecule has 0 aromatic heterocycles. The van der Waals surface area contributed by atoms with Crippen LogP contribution in [0.25, 0.3) is 0 Å². The normalized spacial score (nSPS) is 12.4. The number of carbonyl (C=O) groups is 3. The Hall–Kier alpha value is -4.67. The first-order chi connectivity index (χ1) is 20.3. The molecule has 5 N–H and O–H groups in total. The number of ketones is 1. The summed E-state index contributed by atoms with van der Waals surface area (Å²) in [4.78, 5) is 37.0. The highest BCUT2D eigenvalue weighted by Crippen LogP contribution is 2.30. The second-order valence-electron chi connectivity index (χ2n) is 9.28. The molecule has 0 radical (unpaired) electrons. The van der Waals surface area contributed by atoms with Crippen LogP contribution in [0.5, 0.6) is 5.75 Å². The molecule has 10 nitrogen and oxygen atoms in total. The minimum absolute atomic E-state index is 0.0808. The lowest BCUT2D eigenvalue weighted by Gasteiger charge is -2.27. The number of para-hydroxylation sites is 2. The van der Waals surface area contributed by atoms with Gasteiger partial charge in [-0.1, -0.05) is 30.3 Å². The van der Waals surface area contributed by atoms with Gasteiger partial charge in [0, 0.05) is 17.9 Å². The number of carbonyl (C=O) groups excluding carboxylic acids is 3. The number of Topliss-reactive ketones (excluding diaryl/α,β-unsaturated/α-hetero) is 1. The zero-order valence-electron chi connectivity index (χ0n) is 23.7. The van der Waals surface area contributed by atoms with Gasteiger partial charge in [0.05, 0.1) is 24.1 Å². The number of aliphatic hydroxyl groups is 1. The minimum atomic E-state index is -0.828. The molecule has 3 aromatic rings. The lowest BCUT2D eigenvalue weighted by atomic mass is 10.00. The topological polar surface area (TPSA) is 149 Å². The van der Waals surface area contributed by atoms with Crippen LogP contribution in [0.3, 0.4) is 0 Å². The Morgan fingerprint density at radius 3 is 2.45 bits per heavy atom. The predicted octanol–water partition coefficient (Wildman–Crippen LogP) is 5.51. The molecule has 0 aliphatic rings. The number of hydrogen-bond donors (Lipinski definition) is 4. The summed E-state index contributed by atoms with van der Waals surface area (Å²) in [7, 11) is 0. The summed E-state index contributed by atoms with van der Waals surface area (Å²) < 4.78 is 17.5. The third-order valence-corrected chi connectivity index (χ3v) is 6.14. The summed E-state index contributed by atoms with van der Waals surface area (Å²) in [6.07, 6.45) is 1.92. The summed E-state index contributed by atoms with van der Waals surface area (Å²) in [6.45, 7) is 3.63. The Kier molecular flexibility index (Phi) is 12.6. The quantitative estimate of drug-likeness (QED) is 0.105. The standard InChI is InChI=1S/C32H37N3O7/c1-3-40-29(13-6-7-14-30(38)35-28-12-5-4-11-27(28)33)31(24-9-8-10-26(21-24)41-20-19-36)42-32(39)34-25-17-15-23(16-18-25)22(2)37/h4-5,7-12,14-18,21,29,31,36H,3,6,13,19-20,33H2,1-2H3,(H,34,39)(H,35,38)/b14-7+/t29-,31-/m1/s1.